The highest BCUT2D eigenvalue weighted by Gasteiger charge is 2.35. The highest BCUT2D eigenvalue weighted by molar-refractivity contribution is 5.83. The van der Waals surface area contributed by atoms with Crippen LogP contribution in [0.5, 0.6) is 0 Å². The van der Waals surface area contributed by atoms with E-state index in [1.807, 2.05) is 0 Å². The quantitative estimate of drug-likeness (QED) is 0.708. The lowest BCUT2D eigenvalue weighted by molar-refractivity contribution is -0.142. The second kappa shape index (κ2) is 6.64. The molecule has 8 nitrogen and oxygen atoms in total. The van der Waals surface area contributed by atoms with E-state index in [1.165, 1.54) is 12.0 Å². The van der Waals surface area contributed by atoms with Crippen molar-refractivity contribution in [3.05, 3.63) is 0 Å². The number of likely N-dealkylation sites (tertiary alicyclic amines) is 1. The molecule has 1 saturated heterocycles. The van der Waals surface area contributed by atoms with E-state index in [9.17, 15) is 19.5 Å². The molecule has 1 aliphatic heterocycles. The Morgan fingerprint density at radius 1 is 1.33 bits per heavy atom. The van der Waals surface area contributed by atoms with Gasteiger partial charge in [0, 0.05) is 13.1 Å². The molecular formula is C13H23N3O5. The number of nitrogens with zero attached hydrogens (tertiary/aromatic N) is 1. The second-order valence-corrected chi connectivity index (χ2v) is 6.15. The number of amides is 3. The molecule has 0 saturated carbocycles. The van der Waals surface area contributed by atoms with Crippen molar-refractivity contribution < 1.29 is 24.2 Å². The van der Waals surface area contributed by atoms with Gasteiger partial charge in [-0.15, -0.1) is 0 Å². The molecule has 2 unspecified atom stereocenters. The summed E-state index contributed by atoms with van der Waals surface area (Å²) in [5.74, 6) is -1.07. The van der Waals surface area contributed by atoms with Gasteiger partial charge in [-0.25, -0.2) is 14.4 Å². The number of rotatable bonds is 3. The summed E-state index contributed by atoms with van der Waals surface area (Å²) >= 11 is 0. The third-order valence-corrected chi connectivity index (χ3v) is 3.36. The van der Waals surface area contributed by atoms with Crippen LogP contribution in [0.4, 0.5) is 9.59 Å². The summed E-state index contributed by atoms with van der Waals surface area (Å²) in [5, 5.41) is 14.3. The van der Waals surface area contributed by atoms with Crippen LogP contribution in [0.2, 0.25) is 0 Å². The largest absolute Gasteiger partial charge is 0.480 e. The maximum absolute atomic E-state index is 12.1. The fraction of sp³-hybridized carbons (Fsp3) is 0.769. The van der Waals surface area contributed by atoms with Gasteiger partial charge < -0.3 is 25.4 Å². The molecule has 21 heavy (non-hydrogen) atoms. The van der Waals surface area contributed by atoms with Gasteiger partial charge >= 0.3 is 18.1 Å². The van der Waals surface area contributed by atoms with E-state index in [2.05, 4.69) is 15.4 Å². The number of carbonyl (C=O) groups excluding carboxylic acids is 2. The van der Waals surface area contributed by atoms with Crippen LogP contribution < -0.4 is 10.6 Å². The smallest absolute Gasteiger partial charge is 0.407 e. The van der Waals surface area contributed by atoms with Crippen LogP contribution in [0.3, 0.4) is 0 Å². The lowest BCUT2D eigenvalue weighted by atomic mass is 9.87. The summed E-state index contributed by atoms with van der Waals surface area (Å²) in [5.41, 5.74) is -0.592. The van der Waals surface area contributed by atoms with Crippen molar-refractivity contribution >= 4 is 18.1 Å². The molecular weight excluding hydrogens is 278 g/mol. The van der Waals surface area contributed by atoms with Crippen LogP contribution in [0.25, 0.3) is 0 Å². The summed E-state index contributed by atoms with van der Waals surface area (Å²) < 4.78 is 4.50. The third kappa shape index (κ3) is 4.80. The molecule has 1 rings (SSSR count). The maximum Gasteiger partial charge on any atom is 0.407 e. The molecule has 1 heterocycles. The normalized spacial score (nSPS) is 19.8. The Labute approximate surface area is 123 Å². The topological polar surface area (TPSA) is 108 Å². The molecule has 0 aromatic rings. The van der Waals surface area contributed by atoms with Gasteiger partial charge in [-0.05, 0) is 11.8 Å². The average Bonchev–Trinajstić information content (AvgIpc) is 2.82. The van der Waals surface area contributed by atoms with E-state index < -0.39 is 29.6 Å². The van der Waals surface area contributed by atoms with E-state index >= 15 is 0 Å². The first-order valence-electron chi connectivity index (χ1n) is 6.78. The first kappa shape index (κ1) is 17.1. The van der Waals surface area contributed by atoms with Gasteiger partial charge in [0.05, 0.1) is 13.2 Å². The summed E-state index contributed by atoms with van der Waals surface area (Å²) in [6, 6.07) is -1.59. The van der Waals surface area contributed by atoms with Crippen molar-refractivity contribution in [2.45, 2.75) is 39.3 Å². The van der Waals surface area contributed by atoms with E-state index in [-0.39, 0.29) is 6.04 Å². The Bertz CT molecular complexity index is 419. The SMILES string of the molecule is COC(=O)NC1CCN(C(=O)NC(C(=O)O)C(C)(C)C)C1. The van der Waals surface area contributed by atoms with Gasteiger partial charge in [0.2, 0.25) is 0 Å². The summed E-state index contributed by atoms with van der Waals surface area (Å²) in [7, 11) is 1.27. The molecule has 0 aromatic carbocycles. The van der Waals surface area contributed by atoms with Gasteiger partial charge in [-0.2, -0.15) is 0 Å². The van der Waals surface area contributed by atoms with Crippen LogP contribution >= 0.6 is 0 Å². The number of carboxylic acids is 1. The molecule has 2 atom stereocenters. The summed E-state index contributed by atoms with van der Waals surface area (Å²) in [4.78, 5) is 36.0. The molecule has 1 fully saturated rings. The van der Waals surface area contributed by atoms with Gasteiger partial charge in [0.15, 0.2) is 0 Å². The fourth-order valence-electron chi connectivity index (χ4n) is 2.15. The van der Waals surface area contributed by atoms with Crippen molar-refractivity contribution in [2.24, 2.45) is 5.41 Å². The highest BCUT2D eigenvalue weighted by Crippen LogP contribution is 2.20. The Hall–Kier alpha value is -1.99. The van der Waals surface area contributed by atoms with Crippen LogP contribution in [-0.4, -0.2) is 60.4 Å². The van der Waals surface area contributed by atoms with Crippen LogP contribution in [0.15, 0.2) is 0 Å². The molecule has 3 N–H and O–H groups in total. The number of aliphatic carboxylic acids is 1. The monoisotopic (exact) mass is 301 g/mol. The second-order valence-electron chi connectivity index (χ2n) is 6.15. The molecule has 3 amide bonds. The number of hydrogen-bond acceptors (Lipinski definition) is 4. The molecule has 0 spiro atoms. The maximum atomic E-state index is 12.1. The molecule has 120 valence electrons. The number of hydrogen-bond donors (Lipinski definition) is 3. The van der Waals surface area contributed by atoms with Crippen LogP contribution in [0.1, 0.15) is 27.2 Å². The van der Waals surface area contributed by atoms with E-state index in [1.54, 1.807) is 20.8 Å². The Balaban J connectivity index is 2.57. The lowest BCUT2D eigenvalue weighted by Gasteiger charge is -2.29. The first-order valence-corrected chi connectivity index (χ1v) is 6.78. The number of alkyl carbamates (subject to hydrolysis) is 1. The number of carboxylic acid groups (broad SMARTS) is 1. The van der Waals surface area contributed by atoms with Crippen molar-refractivity contribution in [3.63, 3.8) is 0 Å². The molecule has 1 aliphatic rings. The number of carbonyl (C=O) groups is 3. The van der Waals surface area contributed by atoms with Crippen molar-refractivity contribution in [2.75, 3.05) is 20.2 Å². The zero-order valence-corrected chi connectivity index (χ0v) is 12.8. The number of nitrogens with one attached hydrogen (secondary N) is 2. The standard InChI is InChI=1S/C13H23N3O5/c1-13(2,3)9(10(17)18)15-11(19)16-6-5-8(7-16)14-12(20)21-4/h8-9H,5-7H2,1-4H3,(H,14,20)(H,15,19)(H,17,18). The zero-order chi connectivity index (χ0) is 16.2. The van der Waals surface area contributed by atoms with Gasteiger partial charge in [-0.1, -0.05) is 20.8 Å². The lowest BCUT2D eigenvalue weighted by Crippen LogP contribution is -2.53. The summed E-state index contributed by atoms with van der Waals surface area (Å²) in [6.07, 6.45) is 0.0656. The predicted octanol–water partition coefficient (Wildman–Crippen LogP) is 0.626. The molecule has 0 aromatic heterocycles. The van der Waals surface area contributed by atoms with Gasteiger partial charge in [0.1, 0.15) is 6.04 Å². The summed E-state index contributed by atoms with van der Waals surface area (Å²) in [6.45, 7) is 6.03. The highest BCUT2D eigenvalue weighted by atomic mass is 16.5. The molecule has 8 heteroatoms. The van der Waals surface area contributed by atoms with Crippen LogP contribution in [0, 0.1) is 5.41 Å². The van der Waals surface area contributed by atoms with Crippen molar-refractivity contribution in [1.29, 1.82) is 0 Å². The Morgan fingerprint density at radius 2 is 1.95 bits per heavy atom. The average molecular weight is 301 g/mol. The minimum Gasteiger partial charge on any atom is -0.480 e. The molecule has 0 aliphatic carbocycles. The predicted molar refractivity (Wildman–Crippen MR) is 74.9 cm³/mol. The van der Waals surface area contributed by atoms with E-state index in [0.29, 0.717) is 19.5 Å². The van der Waals surface area contributed by atoms with E-state index in [0.717, 1.165) is 0 Å². The van der Waals surface area contributed by atoms with Crippen molar-refractivity contribution in [3.8, 4) is 0 Å². The van der Waals surface area contributed by atoms with E-state index in [4.69, 9.17) is 0 Å². The molecule has 0 radical (unpaired) electrons. The van der Waals surface area contributed by atoms with Crippen LogP contribution in [-0.2, 0) is 9.53 Å². The first-order chi connectivity index (χ1) is 9.65. The van der Waals surface area contributed by atoms with Gasteiger partial charge in [-0.3, -0.25) is 0 Å². The number of methoxy groups -OCH3 is 1. The van der Waals surface area contributed by atoms with Gasteiger partial charge in [0.25, 0.3) is 0 Å². The zero-order valence-electron chi connectivity index (χ0n) is 12.8. The molecule has 0 bridgehead atoms. The third-order valence-electron chi connectivity index (χ3n) is 3.36. The van der Waals surface area contributed by atoms with Crippen molar-refractivity contribution in [1.82, 2.24) is 15.5 Å². The fourth-order valence-corrected chi connectivity index (χ4v) is 2.15. The minimum atomic E-state index is -1.07. The number of urea groups is 1. The minimum absolute atomic E-state index is 0.180. The number of ether oxygens (including phenoxy) is 1. The Kier molecular flexibility index (Phi) is 5.40. The Morgan fingerprint density at radius 3 is 2.43 bits per heavy atom.